The van der Waals surface area contributed by atoms with Crippen molar-refractivity contribution in [3.8, 4) is 5.75 Å². The van der Waals surface area contributed by atoms with E-state index in [2.05, 4.69) is 11.6 Å². The van der Waals surface area contributed by atoms with Crippen LogP contribution in [-0.2, 0) is 0 Å². The van der Waals surface area contributed by atoms with E-state index < -0.39 is 0 Å². The van der Waals surface area contributed by atoms with Gasteiger partial charge in [-0.15, -0.1) is 0 Å². The molecule has 0 aliphatic heterocycles. The predicted molar refractivity (Wildman–Crippen MR) is 66.0 cm³/mol. The molecule has 0 saturated heterocycles. The van der Waals surface area contributed by atoms with Crippen LogP contribution >= 0.6 is 0 Å². The molecule has 3 heteroatoms. The fraction of sp³-hybridized carbons (Fsp3) is 0.0769. The minimum atomic E-state index is 0.615. The van der Waals surface area contributed by atoms with Crippen molar-refractivity contribution in [2.24, 2.45) is 0 Å². The molecule has 0 atom stereocenters. The summed E-state index contributed by atoms with van der Waals surface area (Å²) in [6.45, 7) is 5.88. The third-order valence-electron chi connectivity index (χ3n) is 2.35. The molecular formula is C13H14N2O. The van der Waals surface area contributed by atoms with Crippen LogP contribution in [0.15, 0.2) is 43.1 Å². The zero-order chi connectivity index (χ0) is 11.5. The van der Waals surface area contributed by atoms with Gasteiger partial charge >= 0.3 is 0 Å². The Morgan fingerprint density at radius 3 is 2.81 bits per heavy atom. The number of nitrogen functional groups attached to an aromatic ring is 1. The van der Waals surface area contributed by atoms with E-state index in [1.165, 1.54) is 0 Å². The molecule has 0 spiro atoms. The topological polar surface area (TPSA) is 51.0 Å². The van der Waals surface area contributed by atoms with Crippen LogP contribution in [0.1, 0.15) is 11.3 Å². The zero-order valence-electron chi connectivity index (χ0n) is 9.16. The van der Waals surface area contributed by atoms with Crippen LogP contribution in [0.2, 0.25) is 0 Å². The summed E-state index contributed by atoms with van der Waals surface area (Å²) in [5.41, 5.74) is 8.35. The highest BCUT2D eigenvalue weighted by Gasteiger charge is 2.05. The van der Waals surface area contributed by atoms with Gasteiger partial charge in [0.2, 0.25) is 0 Å². The second-order valence-corrected chi connectivity index (χ2v) is 3.61. The molecular weight excluding hydrogens is 200 g/mol. The van der Waals surface area contributed by atoms with Gasteiger partial charge in [0.05, 0.1) is 0 Å². The first-order chi connectivity index (χ1) is 7.66. The number of ether oxygens (including phenoxy) is 1. The van der Waals surface area contributed by atoms with Gasteiger partial charge in [0.25, 0.3) is 0 Å². The maximum absolute atomic E-state index is 5.67. The molecule has 1 aromatic carbocycles. The maximum atomic E-state index is 5.67. The SMILES string of the molecule is C=C(Oc1cccc(N)c1)c1cc[nH]c1C. The lowest BCUT2D eigenvalue weighted by molar-refractivity contribution is 0.516. The van der Waals surface area contributed by atoms with E-state index in [1.54, 1.807) is 6.07 Å². The molecule has 2 aromatic rings. The fourth-order valence-electron chi connectivity index (χ4n) is 1.53. The van der Waals surface area contributed by atoms with Gasteiger partial charge in [-0.1, -0.05) is 12.6 Å². The molecule has 0 unspecified atom stereocenters. The number of aryl methyl sites for hydroxylation is 1. The monoisotopic (exact) mass is 214 g/mol. The van der Waals surface area contributed by atoms with E-state index in [4.69, 9.17) is 10.5 Å². The van der Waals surface area contributed by atoms with E-state index in [-0.39, 0.29) is 0 Å². The second kappa shape index (κ2) is 4.14. The number of nitrogens with one attached hydrogen (secondary N) is 1. The standard InChI is InChI=1S/C13H14N2O/c1-9-13(6-7-15-9)10(2)16-12-5-3-4-11(14)8-12/h3-8,15H,2,14H2,1H3. The van der Waals surface area contributed by atoms with Crippen LogP contribution in [0.5, 0.6) is 5.75 Å². The molecule has 0 bridgehead atoms. The Morgan fingerprint density at radius 1 is 1.38 bits per heavy atom. The van der Waals surface area contributed by atoms with Gasteiger partial charge in [-0.25, -0.2) is 0 Å². The number of aromatic amines is 1. The second-order valence-electron chi connectivity index (χ2n) is 3.61. The molecule has 0 amide bonds. The third-order valence-corrected chi connectivity index (χ3v) is 2.35. The van der Waals surface area contributed by atoms with Crippen LogP contribution in [-0.4, -0.2) is 4.98 Å². The van der Waals surface area contributed by atoms with Crippen LogP contribution < -0.4 is 10.5 Å². The van der Waals surface area contributed by atoms with Gasteiger partial charge in [0, 0.05) is 29.2 Å². The number of anilines is 1. The molecule has 0 radical (unpaired) electrons. The molecule has 0 saturated carbocycles. The molecule has 2 rings (SSSR count). The molecule has 3 N–H and O–H groups in total. The molecule has 1 aromatic heterocycles. The van der Waals surface area contributed by atoms with Crippen LogP contribution in [0, 0.1) is 6.92 Å². The minimum Gasteiger partial charge on any atom is -0.457 e. The highest BCUT2D eigenvalue weighted by atomic mass is 16.5. The minimum absolute atomic E-state index is 0.615. The Kier molecular flexibility index (Phi) is 2.68. The summed E-state index contributed by atoms with van der Waals surface area (Å²) in [6, 6.07) is 9.22. The van der Waals surface area contributed by atoms with Crippen molar-refractivity contribution in [2.45, 2.75) is 6.92 Å². The summed E-state index contributed by atoms with van der Waals surface area (Å²) in [5, 5.41) is 0. The van der Waals surface area contributed by atoms with Gasteiger partial charge in [0.15, 0.2) is 0 Å². The first-order valence-electron chi connectivity index (χ1n) is 5.03. The Labute approximate surface area is 94.6 Å². The van der Waals surface area contributed by atoms with Gasteiger partial charge < -0.3 is 15.5 Å². The van der Waals surface area contributed by atoms with Crippen molar-refractivity contribution in [2.75, 3.05) is 5.73 Å². The number of H-pyrrole nitrogens is 1. The molecule has 0 aliphatic carbocycles. The lowest BCUT2D eigenvalue weighted by atomic mass is 10.2. The third kappa shape index (κ3) is 2.08. The van der Waals surface area contributed by atoms with Gasteiger partial charge in [-0.05, 0) is 25.1 Å². The van der Waals surface area contributed by atoms with Crippen molar-refractivity contribution in [1.29, 1.82) is 0 Å². The first kappa shape index (κ1) is 10.4. The Hall–Kier alpha value is -2.16. The summed E-state index contributed by atoms with van der Waals surface area (Å²) in [5.74, 6) is 1.31. The molecule has 3 nitrogen and oxygen atoms in total. The van der Waals surface area contributed by atoms with E-state index in [9.17, 15) is 0 Å². The highest BCUT2D eigenvalue weighted by molar-refractivity contribution is 5.62. The summed E-state index contributed by atoms with van der Waals surface area (Å²) in [6.07, 6.45) is 1.86. The Morgan fingerprint density at radius 2 is 2.19 bits per heavy atom. The van der Waals surface area contributed by atoms with Gasteiger partial charge in [-0.2, -0.15) is 0 Å². The van der Waals surface area contributed by atoms with Crippen LogP contribution in [0.25, 0.3) is 5.76 Å². The van der Waals surface area contributed by atoms with Crippen LogP contribution in [0.4, 0.5) is 5.69 Å². The molecule has 16 heavy (non-hydrogen) atoms. The average molecular weight is 214 g/mol. The molecule has 0 aliphatic rings. The van der Waals surface area contributed by atoms with Gasteiger partial charge in [-0.3, -0.25) is 0 Å². The van der Waals surface area contributed by atoms with Crippen molar-refractivity contribution < 1.29 is 4.74 Å². The van der Waals surface area contributed by atoms with E-state index >= 15 is 0 Å². The average Bonchev–Trinajstić information content (AvgIpc) is 2.64. The summed E-state index contributed by atoms with van der Waals surface area (Å²) in [7, 11) is 0. The molecule has 0 fully saturated rings. The largest absolute Gasteiger partial charge is 0.457 e. The normalized spacial score (nSPS) is 10.1. The summed E-state index contributed by atoms with van der Waals surface area (Å²) < 4.78 is 5.63. The number of rotatable bonds is 3. The maximum Gasteiger partial charge on any atom is 0.129 e. The Balaban J connectivity index is 2.17. The number of nitrogens with two attached hydrogens (primary N) is 1. The van der Waals surface area contributed by atoms with Crippen molar-refractivity contribution in [3.63, 3.8) is 0 Å². The number of benzene rings is 1. The number of aromatic nitrogens is 1. The van der Waals surface area contributed by atoms with E-state index in [0.717, 1.165) is 11.3 Å². The lowest BCUT2D eigenvalue weighted by Gasteiger charge is -2.08. The molecule has 1 heterocycles. The highest BCUT2D eigenvalue weighted by Crippen LogP contribution is 2.22. The number of hydrogen-bond donors (Lipinski definition) is 2. The zero-order valence-corrected chi connectivity index (χ0v) is 9.16. The van der Waals surface area contributed by atoms with Crippen molar-refractivity contribution in [1.82, 2.24) is 4.98 Å². The summed E-state index contributed by atoms with van der Waals surface area (Å²) in [4.78, 5) is 3.08. The number of hydrogen-bond acceptors (Lipinski definition) is 2. The van der Waals surface area contributed by atoms with Crippen molar-refractivity contribution in [3.05, 3.63) is 54.4 Å². The van der Waals surface area contributed by atoms with E-state index in [1.807, 2.05) is 37.4 Å². The van der Waals surface area contributed by atoms with Crippen LogP contribution in [0.3, 0.4) is 0 Å². The Bertz CT molecular complexity index is 514. The summed E-state index contributed by atoms with van der Waals surface area (Å²) >= 11 is 0. The fourth-order valence-corrected chi connectivity index (χ4v) is 1.53. The predicted octanol–water partition coefficient (Wildman–Crippen LogP) is 2.96. The van der Waals surface area contributed by atoms with Crippen molar-refractivity contribution >= 4 is 11.4 Å². The first-order valence-corrected chi connectivity index (χ1v) is 5.03. The quantitative estimate of drug-likeness (QED) is 0.609. The van der Waals surface area contributed by atoms with Gasteiger partial charge in [0.1, 0.15) is 11.5 Å². The van der Waals surface area contributed by atoms with E-state index in [0.29, 0.717) is 17.2 Å². The smallest absolute Gasteiger partial charge is 0.129 e. The molecule has 82 valence electrons. The lowest BCUT2D eigenvalue weighted by Crippen LogP contribution is -1.94.